The zero-order valence-corrected chi connectivity index (χ0v) is 20.7. The van der Waals surface area contributed by atoms with E-state index in [1.54, 1.807) is 5.38 Å². The number of carbonyl (C=O) groups excluding carboxylic acids is 2. The Morgan fingerprint density at radius 1 is 1.00 bits per heavy atom. The van der Waals surface area contributed by atoms with Crippen LogP contribution in [0, 0.1) is 5.82 Å². The molecule has 2 aromatic carbocycles. The van der Waals surface area contributed by atoms with E-state index in [0.29, 0.717) is 28.8 Å². The summed E-state index contributed by atoms with van der Waals surface area (Å²) in [5.74, 6) is 0.301. The lowest BCUT2D eigenvalue weighted by Crippen LogP contribution is -2.53. The quantitative estimate of drug-likeness (QED) is 0.435. The van der Waals surface area contributed by atoms with Crippen LogP contribution in [-0.2, 0) is 6.61 Å². The maximum atomic E-state index is 13.2. The largest absolute Gasteiger partial charge is 0.486 e. The van der Waals surface area contributed by atoms with Crippen LogP contribution in [0.4, 0.5) is 4.39 Å². The molecule has 3 aromatic rings. The van der Waals surface area contributed by atoms with E-state index >= 15 is 0 Å². The molecule has 1 aliphatic carbocycles. The van der Waals surface area contributed by atoms with Gasteiger partial charge in [0.15, 0.2) is 0 Å². The van der Waals surface area contributed by atoms with Crippen LogP contribution in [0.1, 0.15) is 76.9 Å². The number of rotatable bonds is 8. The Labute approximate surface area is 208 Å². The minimum atomic E-state index is -0.388. The maximum absolute atomic E-state index is 13.2. The Morgan fingerprint density at radius 2 is 1.63 bits per heavy atom. The first-order valence-electron chi connectivity index (χ1n) is 11.9. The fourth-order valence-electron chi connectivity index (χ4n) is 4.15. The number of nitrogens with zero attached hydrogens (tertiary/aromatic N) is 1. The first-order valence-corrected chi connectivity index (χ1v) is 12.8. The van der Waals surface area contributed by atoms with Crippen LogP contribution in [0.2, 0.25) is 0 Å². The molecule has 0 radical (unpaired) electrons. The van der Waals surface area contributed by atoms with Gasteiger partial charge in [0.2, 0.25) is 0 Å². The molecule has 1 aliphatic rings. The number of carbonyl (C=O) groups is 2. The molecule has 2 N–H and O–H groups in total. The van der Waals surface area contributed by atoms with Crippen LogP contribution in [0.5, 0.6) is 5.75 Å². The van der Waals surface area contributed by atoms with E-state index in [4.69, 9.17) is 4.74 Å². The summed E-state index contributed by atoms with van der Waals surface area (Å²) < 4.78 is 19.0. The minimum absolute atomic E-state index is 0.193. The SMILES string of the molecule is CC(C)c1ccc(OCc2nc(C(=O)NC3CCCCC3NC(=O)c3ccc(F)cc3)cs2)cc1. The van der Waals surface area contributed by atoms with Gasteiger partial charge in [-0.1, -0.05) is 38.8 Å². The summed E-state index contributed by atoms with van der Waals surface area (Å²) in [6.45, 7) is 4.58. The van der Waals surface area contributed by atoms with E-state index in [9.17, 15) is 14.0 Å². The van der Waals surface area contributed by atoms with Gasteiger partial charge in [-0.25, -0.2) is 9.37 Å². The van der Waals surface area contributed by atoms with Gasteiger partial charge >= 0.3 is 0 Å². The molecule has 1 saturated carbocycles. The maximum Gasteiger partial charge on any atom is 0.271 e. The Balaban J connectivity index is 1.32. The number of thiazole rings is 1. The third kappa shape index (κ3) is 6.66. The number of benzene rings is 2. The summed E-state index contributed by atoms with van der Waals surface area (Å²) in [6.07, 6.45) is 3.48. The number of ether oxygens (including phenoxy) is 1. The van der Waals surface area contributed by atoms with Crippen molar-refractivity contribution in [1.82, 2.24) is 15.6 Å². The molecule has 6 nitrogen and oxygen atoms in total. The average molecular weight is 496 g/mol. The van der Waals surface area contributed by atoms with E-state index in [0.717, 1.165) is 31.4 Å². The first kappa shape index (κ1) is 24.9. The van der Waals surface area contributed by atoms with E-state index in [1.807, 2.05) is 12.1 Å². The molecule has 2 unspecified atom stereocenters. The molecule has 4 rings (SSSR count). The summed E-state index contributed by atoms with van der Waals surface area (Å²) in [7, 11) is 0. The number of aromatic nitrogens is 1. The zero-order valence-electron chi connectivity index (χ0n) is 19.9. The summed E-state index contributed by atoms with van der Waals surface area (Å²) in [4.78, 5) is 29.9. The van der Waals surface area contributed by atoms with E-state index in [1.165, 1.54) is 41.2 Å². The van der Waals surface area contributed by atoms with Crippen LogP contribution in [0.3, 0.4) is 0 Å². The predicted octanol–water partition coefficient (Wildman–Crippen LogP) is 5.46. The number of halogens is 1. The molecule has 0 aliphatic heterocycles. The molecular weight excluding hydrogens is 465 g/mol. The summed E-state index contributed by atoms with van der Waals surface area (Å²) in [5, 5.41) is 8.49. The fourth-order valence-corrected chi connectivity index (χ4v) is 4.83. The molecule has 184 valence electrons. The van der Waals surface area contributed by atoms with Crippen molar-refractivity contribution >= 4 is 23.2 Å². The topological polar surface area (TPSA) is 80.3 Å². The molecule has 2 atom stereocenters. The molecular formula is C27H30FN3O3S. The van der Waals surface area contributed by atoms with Gasteiger partial charge in [-0.3, -0.25) is 9.59 Å². The normalized spacial score (nSPS) is 17.7. The predicted molar refractivity (Wildman–Crippen MR) is 134 cm³/mol. The average Bonchev–Trinajstić information content (AvgIpc) is 3.34. The second-order valence-corrected chi connectivity index (χ2v) is 10.0. The van der Waals surface area contributed by atoms with Crippen molar-refractivity contribution < 1.29 is 18.7 Å². The second-order valence-electron chi connectivity index (χ2n) is 9.09. The summed E-state index contributed by atoms with van der Waals surface area (Å²) in [6, 6.07) is 13.0. The van der Waals surface area contributed by atoms with Crippen LogP contribution >= 0.6 is 11.3 Å². The van der Waals surface area contributed by atoms with Crippen molar-refractivity contribution in [2.45, 2.75) is 64.1 Å². The van der Waals surface area contributed by atoms with Crippen LogP contribution < -0.4 is 15.4 Å². The first-order chi connectivity index (χ1) is 16.9. The van der Waals surface area contributed by atoms with Gasteiger partial charge in [-0.2, -0.15) is 0 Å². The highest BCUT2D eigenvalue weighted by molar-refractivity contribution is 7.09. The number of hydrogen-bond acceptors (Lipinski definition) is 5. The smallest absolute Gasteiger partial charge is 0.271 e. The molecule has 8 heteroatoms. The van der Waals surface area contributed by atoms with Gasteiger partial charge < -0.3 is 15.4 Å². The van der Waals surface area contributed by atoms with Crippen molar-refractivity contribution in [1.29, 1.82) is 0 Å². The zero-order chi connectivity index (χ0) is 24.8. The molecule has 1 aromatic heterocycles. The van der Waals surface area contributed by atoms with Crippen molar-refractivity contribution in [3.8, 4) is 5.75 Å². The number of hydrogen-bond donors (Lipinski definition) is 2. The van der Waals surface area contributed by atoms with Crippen LogP contribution in [0.15, 0.2) is 53.9 Å². The minimum Gasteiger partial charge on any atom is -0.486 e. The summed E-state index contributed by atoms with van der Waals surface area (Å²) >= 11 is 1.38. The number of nitrogens with one attached hydrogen (secondary N) is 2. The summed E-state index contributed by atoms with van der Waals surface area (Å²) in [5.41, 5.74) is 1.99. The lowest BCUT2D eigenvalue weighted by atomic mass is 9.90. The van der Waals surface area contributed by atoms with Crippen LogP contribution in [0.25, 0.3) is 0 Å². The third-order valence-electron chi connectivity index (χ3n) is 6.20. The number of amides is 2. The molecule has 1 fully saturated rings. The van der Waals surface area contributed by atoms with Gasteiger partial charge in [-0.15, -0.1) is 11.3 Å². The molecule has 35 heavy (non-hydrogen) atoms. The Kier molecular flexibility index (Phi) is 8.13. The third-order valence-corrected chi connectivity index (χ3v) is 7.02. The Bertz CT molecular complexity index is 1150. The highest BCUT2D eigenvalue weighted by Crippen LogP contribution is 2.22. The molecule has 0 saturated heterocycles. The van der Waals surface area contributed by atoms with E-state index in [-0.39, 0.29) is 29.7 Å². The van der Waals surface area contributed by atoms with Crippen LogP contribution in [-0.4, -0.2) is 28.9 Å². The van der Waals surface area contributed by atoms with E-state index < -0.39 is 0 Å². The van der Waals surface area contributed by atoms with Gasteiger partial charge in [-0.05, 0) is 60.7 Å². The molecule has 0 spiro atoms. The van der Waals surface area contributed by atoms with Gasteiger partial charge in [0.05, 0.1) is 0 Å². The van der Waals surface area contributed by atoms with Crippen molar-refractivity contribution in [2.24, 2.45) is 0 Å². The van der Waals surface area contributed by atoms with Crippen molar-refractivity contribution in [3.63, 3.8) is 0 Å². The Hall–Kier alpha value is -3.26. The van der Waals surface area contributed by atoms with Crippen molar-refractivity contribution in [3.05, 3.63) is 81.6 Å². The monoisotopic (exact) mass is 495 g/mol. The molecule has 1 heterocycles. The van der Waals surface area contributed by atoms with Gasteiger partial charge in [0.25, 0.3) is 11.8 Å². The second kappa shape index (κ2) is 11.4. The van der Waals surface area contributed by atoms with Crippen molar-refractivity contribution in [2.75, 3.05) is 0 Å². The standard InChI is InChI=1S/C27H30FN3O3S/c1-17(2)18-9-13-21(14-10-18)34-15-25-29-24(16-35-25)27(33)31-23-6-4-3-5-22(23)30-26(32)19-7-11-20(28)12-8-19/h7-14,16-17,22-23H,3-6,15H2,1-2H3,(H,30,32)(H,31,33). The van der Waals surface area contributed by atoms with Gasteiger partial charge in [0, 0.05) is 23.0 Å². The molecule has 2 amide bonds. The molecule has 0 bridgehead atoms. The Morgan fingerprint density at radius 3 is 2.26 bits per heavy atom. The highest BCUT2D eigenvalue weighted by Gasteiger charge is 2.29. The highest BCUT2D eigenvalue weighted by atomic mass is 32.1. The fraction of sp³-hybridized carbons (Fsp3) is 0.370. The van der Waals surface area contributed by atoms with E-state index in [2.05, 4.69) is 41.6 Å². The lowest BCUT2D eigenvalue weighted by molar-refractivity contribution is 0.0860. The van der Waals surface area contributed by atoms with Gasteiger partial charge in [0.1, 0.15) is 28.9 Å². The lowest BCUT2D eigenvalue weighted by Gasteiger charge is -2.32.